The number of carboxylic acid groups (broad SMARTS) is 1. The van der Waals surface area contributed by atoms with Crippen LogP contribution in [0.4, 0.5) is 4.39 Å². The Labute approximate surface area is 97.5 Å². The SMILES string of the molecule is CC(C)(CC(=O)O)c1cc(Cl)cc(F)c1O. The lowest BCUT2D eigenvalue weighted by molar-refractivity contribution is -0.138. The summed E-state index contributed by atoms with van der Waals surface area (Å²) in [4.78, 5) is 10.7. The van der Waals surface area contributed by atoms with Gasteiger partial charge < -0.3 is 10.2 Å². The predicted octanol–water partition coefficient (Wildman–Crippen LogP) is 2.94. The number of phenols is 1. The molecule has 1 aromatic rings. The number of carbonyl (C=O) groups is 1. The third-order valence-electron chi connectivity index (χ3n) is 2.35. The molecular formula is C11H12ClFO3. The second kappa shape index (κ2) is 4.29. The average Bonchev–Trinajstić information content (AvgIpc) is 2.08. The van der Waals surface area contributed by atoms with Gasteiger partial charge in [0.15, 0.2) is 11.6 Å². The molecule has 0 aromatic heterocycles. The van der Waals surface area contributed by atoms with Gasteiger partial charge in [-0.05, 0) is 12.1 Å². The maximum absolute atomic E-state index is 13.2. The summed E-state index contributed by atoms with van der Waals surface area (Å²) < 4.78 is 13.2. The number of phenolic OH excluding ortho intramolecular Hbond substituents is 1. The Kier molecular flexibility index (Phi) is 3.43. The zero-order chi connectivity index (χ0) is 12.5. The molecule has 2 N–H and O–H groups in total. The minimum Gasteiger partial charge on any atom is -0.505 e. The van der Waals surface area contributed by atoms with E-state index in [-0.39, 0.29) is 17.0 Å². The van der Waals surface area contributed by atoms with E-state index < -0.39 is 23.0 Å². The lowest BCUT2D eigenvalue weighted by Gasteiger charge is -2.24. The second-order valence-electron chi connectivity index (χ2n) is 4.24. The van der Waals surface area contributed by atoms with Crippen molar-refractivity contribution in [3.8, 4) is 5.75 Å². The Hall–Kier alpha value is -1.29. The number of rotatable bonds is 3. The molecule has 0 atom stereocenters. The molecule has 5 heteroatoms. The fourth-order valence-corrected chi connectivity index (χ4v) is 1.76. The minimum absolute atomic E-state index is 0.128. The molecule has 0 aliphatic carbocycles. The number of benzene rings is 1. The van der Waals surface area contributed by atoms with Gasteiger partial charge in [0, 0.05) is 16.0 Å². The highest BCUT2D eigenvalue weighted by Gasteiger charge is 2.28. The van der Waals surface area contributed by atoms with E-state index in [0.29, 0.717) is 0 Å². The van der Waals surface area contributed by atoms with Crippen LogP contribution >= 0.6 is 11.6 Å². The maximum atomic E-state index is 13.2. The molecule has 0 heterocycles. The van der Waals surface area contributed by atoms with Crippen LogP contribution in [0.25, 0.3) is 0 Å². The summed E-state index contributed by atoms with van der Waals surface area (Å²) in [5.41, 5.74) is -0.693. The van der Waals surface area contributed by atoms with E-state index in [1.807, 2.05) is 0 Å². The van der Waals surface area contributed by atoms with Crippen LogP contribution in [-0.2, 0) is 10.2 Å². The number of aliphatic carboxylic acids is 1. The first-order valence-corrected chi connectivity index (χ1v) is 5.02. The van der Waals surface area contributed by atoms with Crippen molar-refractivity contribution in [2.75, 3.05) is 0 Å². The molecule has 0 saturated heterocycles. The first-order valence-electron chi connectivity index (χ1n) is 4.64. The fraction of sp³-hybridized carbons (Fsp3) is 0.364. The zero-order valence-corrected chi connectivity index (χ0v) is 9.68. The highest BCUT2D eigenvalue weighted by Crippen LogP contribution is 2.37. The van der Waals surface area contributed by atoms with Gasteiger partial charge in [0.2, 0.25) is 0 Å². The first kappa shape index (κ1) is 12.8. The summed E-state index contributed by atoms with van der Waals surface area (Å²) in [5, 5.41) is 18.4. The van der Waals surface area contributed by atoms with Crippen LogP contribution in [-0.4, -0.2) is 16.2 Å². The number of halogens is 2. The van der Waals surface area contributed by atoms with Gasteiger partial charge in [0.05, 0.1) is 6.42 Å². The van der Waals surface area contributed by atoms with Crippen molar-refractivity contribution in [1.82, 2.24) is 0 Å². The molecule has 1 aromatic carbocycles. The third kappa shape index (κ3) is 2.64. The third-order valence-corrected chi connectivity index (χ3v) is 2.57. The normalized spacial score (nSPS) is 11.5. The van der Waals surface area contributed by atoms with Crippen LogP contribution in [0.1, 0.15) is 25.8 Å². The Morgan fingerprint density at radius 2 is 2.06 bits per heavy atom. The van der Waals surface area contributed by atoms with Crippen LogP contribution in [0.2, 0.25) is 5.02 Å². The van der Waals surface area contributed by atoms with E-state index in [4.69, 9.17) is 16.7 Å². The number of aromatic hydroxyl groups is 1. The standard InChI is InChI=1S/C11H12ClFO3/c1-11(2,5-9(14)15)7-3-6(12)4-8(13)10(7)16/h3-4,16H,5H2,1-2H3,(H,14,15). The number of hydrogen-bond acceptors (Lipinski definition) is 2. The highest BCUT2D eigenvalue weighted by molar-refractivity contribution is 6.30. The van der Waals surface area contributed by atoms with Gasteiger partial charge in [-0.1, -0.05) is 25.4 Å². The molecule has 3 nitrogen and oxygen atoms in total. The second-order valence-corrected chi connectivity index (χ2v) is 4.67. The quantitative estimate of drug-likeness (QED) is 0.862. The largest absolute Gasteiger partial charge is 0.505 e. The summed E-state index contributed by atoms with van der Waals surface area (Å²) in [6.07, 6.45) is -0.222. The summed E-state index contributed by atoms with van der Waals surface area (Å²) >= 11 is 5.67. The Balaban J connectivity index is 3.26. The average molecular weight is 247 g/mol. The van der Waals surface area contributed by atoms with E-state index in [1.54, 1.807) is 13.8 Å². The van der Waals surface area contributed by atoms with Crippen molar-refractivity contribution >= 4 is 17.6 Å². The van der Waals surface area contributed by atoms with Crippen molar-refractivity contribution in [1.29, 1.82) is 0 Å². The van der Waals surface area contributed by atoms with Crippen LogP contribution in [0.3, 0.4) is 0 Å². The molecule has 0 radical (unpaired) electrons. The molecule has 0 amide bonds. The smallest absolute Gasteiger partial charge is 0.304 e. The van der Waals surface area contributed by atoms with E-state index >= 15 is 0 Å². The first-order chi connectivity index (χ1) is 7.24. The van der Waals surface area contributed by atoms with Crippen LogP contribution in [0.5, 0.6) is 5.75 Å². The molecule has 88 valence electrons. The number of carboxylic acids is 1. The van der Waals surface area contributed by atoms with Gasteiger partial charge >= 0.3 is 5.97 Å². The van der Waals surface area contributed by atoms with Gasteiger partial charge in [-0.25, -0.2) is 4.39 Å². The van der Waals surface area contributed by atoms with Crippen LogP contribution in [0.15, 0.2) is 12.1 Å². The van der Waals surface area contributed by atoms with E-state index in [1.165, 1.54) is 6.07 Å². The Bertz CT molecular complexity index is 429. The van der Waals surface area contributed by atoms with Gasteiger partial charge in [-0.2, -0.15) is 0 Å². The van der Waals surface area contributed by atoms with Crippen molar-refractivity contribution < 1.29 is 19.4 Å². The molecule has 0 bridgehead atoms. The lowest BCUT2D eigenvalue weighted by Crippen LogP contribution is -2.22. The van der Waals surface area contributed by atoms with Gasteiger partial charge in [0.1, 0.15) is 0 Å². The molecule has 0 fully saturated rings. The number of hydrogen-bond donors (Lipinski definition) is 2. The Morgan fingerprint density at radius 3 is 2.56 bits per heavy atom. The molecule has 0 aliphatic heterocycles. The summed E-state index contributed by atoms with van der Waals surface area (Å²) in [6.45, 7) is 3.21. The lowest BCUT2D eigenvalue weighted by atomic mass is 9.81. The molecule has 0 spiro atoms. The van der Waals surface area contributed by atoms with Gasteiger partial charge in [-0.3, -0.25) is 4.79 Å². The summed E-state index contributed by atoms with van der Waals surface area (Å²) in [7, 11) is 0. The predicted molar refractivity (Wildman–Crippen MR) is 58.4 cm³/mol. The molecule has 0 aliphatic rings. The van der Waals surface area contributed by atoms with Crippen molar-refractivity contribution in [3.05, 3.63) is 28.5 Å². The van der Waals surface area contributed by atoms with Gasteiger partial charge in [0.25, 0.3) is 0 Å². The topological polar surface area (TPSA) is 57.5 Å². The molecular weight excluding hydrogens is 235 g/mol. The van der Waals surface area contributed by atoms with E-state index in [0.717, 1.165) is 6.07 Å². The van der Waals surface area contributed by atoms with E-state index in [2.05, 4.69) is 0 Å². The maximum Gasteiger partial charge on any atom is 0.304 e. The van der Waals surface area contributed by atoms with Crippen molar-refractivity contribution in [3.63, 3.8) is 0 Å². The fourth-order valence-electron chi connectivity index (χ4n) is 1.56. The Morgan fingerprint density at radius 1 is 1.50 bits per heavy atom. The molecule has 16 heavy (non-hydrogen) atoms. The van der Waals surface area contributed by atoms with Crippen molar-refractivity contribution in [2.24, 2.45) is 0 Å². The summed E-state index contributed by atoms with van der Waals surface area (Å²) in [6, 6.07) is 2.36. The van der Waals surface area contributed by atoms with Crippen LogP contribution in [0, 0.1) is 5.82 Å². The minimum atomic E-state index is -1.02. The molecule has 1 rings (SSSR count). The monoisotopic (exact) mass is 246 g/mol. The molecule has 0 saturated carbocycles. The molecule has 0 unspecified atom stereocenters. The highest BCUT2D eigenvalue weighted by atomic mass is 35.5. The van der Waals surface area contributed by atoms with E-state index in [9.17, 15) is 14.3 Å². The van der Waals surface area contributed by atoms with Crippen LogP contribution < -0.4 is 0 Å². The van der Waals surface area contributed by atoms with Crippen molar-refractivity contribution in [2.45, 2.75) is 25.7 Å². The summed E-state index contributed by atoms with van der Waals surface area (Å²) in [5.74, 6) is -2.42. The zero-order valence-electron chi connectivity index (χ0n) is 8.92. The van der Waals surface area contributed by atoms with Gasteiger partial charge in [-0.15, -0.1) is 0 Å².